The van der Waals surface area contributed by atoms with Gasteiger partial charge in [-0.1, -0.05) is 59.8 Å². The molecule has 1 aliphatic carbocycles. The average Bonchev–Trinajstić information content (AvgIpc) is 3.42. The van der Waals surface area contributed by atoms with Crippen molar-refractivity contribution in [1.82, 2.24) is 20.3 Å². The second kappa shape index (κ2) is 14.5. The van der Waals surface area contributed by atoms with Crippen LogP contribution in [0.4, 0.5) is 4.79 Å². The smallest absolute Gasteiger partial charge is 0.408 e. The highest BCUT2D eigenvalue weighted by Crippen LogP contribution is 2.48. The Morgan fingerprint density at radius 3 is 2.22 bits per heavy atom. The van der Waals surface area contributed by atoms with Gasteiger partial charge in [0.1, 0.15) is 23.2 Å². The highest BCUT2D eigenvalue weighted by atomic mass is 32.2. The molecule has 3 N–H and O–H groups in total. The van der Waals surface area contributed by atoms with E-state index in [0.29, 0.717) is 32.1 Å². The van der Waals surface area contributed by atoms with E-state index in [4.69, 9.17) is 9.16 Å². The zero-order valence-electron chi connectivity index (χ0n) is 29.4. The number of carbonyl (C=O) groups is 4. The maximum Gasteiger partial charge on any atom is 0.408 e. The third-order valence-corrected chi connectivity index (χ3v) is 15.7. The largest absolute Gasteiger partial charge is 0.444 e. The summed E-state index contributed by atoms with van der Waals surface area (Å²) in [6.45, 7) is 17.7. The molecule has 0 aromatic rings. The average molecular weight is 687 g/mol. The number of nitrogens with one attached hydrogen (secondary N) is 3. The van der Waals surface area contributed by atoms with Crippen LogP contribution in [0, 0.1) is 5.92 Å². The fourth-order valence-corrected chi connectivity index (χ4v) is 8.63. The summed E-state index contributed by atoms with van der Waals surface area (Å²) in [5.74, 6) is -2.05. The lowest BCUT2D eigenvalue weighted by atomic mass is 10.0. The molecule has 264 valence electrons. The topological polar surface area (TPSA) is 160 Å². The minimum atomic E-state index is -3.86. The lowest BCUT2D eigenvalue weighted by molar-refractivity contribution is -0.141. The molecule has 0 aromatic heterocycles. The first kappa shape index (κ1) is 38.3. The molecule has 14 heteroatoms. The molecular formula is C32H58N4O8SSi. The molecule has 0 aromatic carbocycles. The molecular weight excluding hydrogens is 629 g/mol. The fourth-order valence-electron chi connectivity index (χ4n) is 6.17. The number of sulfonamides is 1. The van der Waals surface area contributed by atoms with Crippen LogP contribution in [0.25, 0.3) is 0 Å². The van der Waals surface area contributed by atoms with Gasteiger partial charge in [-0.15, -0.1) is 0 Å². The zero-order chi connectivity index (χ0) is 34.7. The first-order chi connectivity index (χ1) is 21.1. The Balaban J connectivity index is 1.97. The molecule has 0 radical (unpaired) electrons. The summed E-state index contributed by atoms with van der Waals surface area (Å²) in [5, 5.41) is 5.59. The van der Waals surface area contributed by atoms with Crippen molar-refractivity contribution >= 4 is 42.2 Å². The van der Waals surface area contributed by atoms with Gasteiger partial charge >= 0.3 is 6.09 Å². The molecule has 2 saturated heterocycles. The van der Waals surface area contributed by atoms with Gasteiger partial charge in [-0.05, 0) is 70.5 Å². The van der Waals surface area contributed by atoms with Crippen molar-refractivity contribution in [3.05, 3.63) is 0 Å². The number of carbonyl (C=O) groups excluding carboxylic acids is 4. The summed E-state index contributed by atoms with van der Waals surface area (Å²) < 4.78 is 39.5. The van der Waals surface area contributed by atoms with Crippen molar-refractivity contribution in [1.29, 1.82) is 0 Å². The summed E-state index contributed by atoms with van der Waals surface area (Å²) >= 11 is 0. The third kappa shape index (κ3) is 9.91. The summed E-state index contributed by atoms with van der Waals surface area (Å²) in [6.07, 6.45) is 5.02. The summed E-state index contributed by atoms with van der Waals surface area (Å²) in [5.41, 5.74) is -2.12. The molecule has 0 bridgehead atoms. The van der Waals surface area contributed by atoms with Gasteiger partial charge in [0.25, 0.3) is 5.91 Å². The quantitative estimate of drug-likeness (QED) is 0.334. The Labute approximate surface area is 277 Å². The molecule has 0 spiro atoms. The van der Waals surface area contributed by atoms with E-state index in [1.54, 1.807) is 27.7 Å². The van der Waals surface area contributed by atoms with Crippen molar-refractivity contribution in [3.8, 4) is 0 Å². The molecule has 12 nitrogen and oxygen atoms in total. The minimum absolute atomic E-state index is 0.107. The molecule has 3 fully saturated rings. The van der Waals surface area contributed by atoms with Crippen molar-refractivity contribution in [2.24, 2.45) is 5.92 Å². The molecule has 4 amide bonds. The predicted octanol–water partition coefficient (Wildman–Crippen LogP) is 4.35. The SMILES string of the molecule is CCCS(=O)(=O)NC(=O)[C@@]12C[C@H]1CCCCCCC[C@H](NC(=O)OC(C)(C)C)C(=O)N1C[C@H](O[Si](C)(C)C(C)(C)C)C[C@H]1C(=O)N2. The molecule has 3 rings (SSSR count). The highest BCUT2D eigenvalue weighted by Gasteiger charge is 2.62. The Kier molecular flexibility index (Phi) is 12.1. The van der Waals surface area contributed by atoms with Crippen molar-refractivity contribution < 1.29 is 36.8 Å². The predicted molar refractivity (Wildman–Crippen MR) is 179 cm³/mol. The van der Waals surface area contributed by atoms with E-state index in [-0.39, 0.29) is 29.7 Å². The number of rotatable bonds is 7. The Hall–Kier alpha value is -2.19. The van der Waals surface area contributed by atoms with Crippen LogP contribution in [0.2, 0.25) is 18.1 Å². The van der Waals surface area contributed by atoms with E-state index >= 15 is 0 Å². The number of ether oxygens (including phenoxy) is 1. The fraction of sp³-hybridized carbons (Fsp3) is 0.875. The van der Waals surface area contributed by atoms with Gasteiger partial charge in [-0.2, -0.15) is 0 Å². The number of alkyl carbamates (subject to hydrolysis) is 1. The first-order valence-electron chi connectivity index (χ1n) is 17.0. The van der Waals surface area contributed by atoms with Crippen LogP contribution in [0.1, 0.15) is 113 Å². The van der Waals surface area contributed by atoms with Gasteiger partial charge in [0.15, 0.2) is 8.32 Å². The Bertz CT molecular complexity index is 1250. The normalized spacial score (nSPS) is 28.6. The second-order valence-electron chi connectivity index (χ2n) is 15.9. The van der Waals surface area contributed by atoms with E-state index < -0.39 is 71.5 Å². The second-order valence-corrected chi connectivity index (χ2v) is 22.5. The summed E-state index contributed by atoms with van der Waals surface area (Å²) in [7, 11) is -6.15. The van der Waals surface area contributed by atoms with Gasteiger partial charge in [-0.25, -0.2) is 13.2 Å². The number of hydrogen-bond donors (Lipinski definition) is 3. The maximum absolute atomic E-state index is 14.3. The molecule has 2 aliphatic heterocycles. The van der Waals surface area contributed by atoms with Crippen LogP contribution in [0.5, 0.6) is 0 Å². The molecule has 46 heavy (non-hydrogen) atoms. The number of amides is 4. The van der Waals surface area contributed by atoms with Gasteiger partial charge in [0, 0.05) is 13.0 Å². The van der Waals surface area contributed by atoms with Crippen LogP contribution in [0.15, 0.2) is 0 Å². The van der Waals surface area contributed by atoms with Crippen molar-refractivity contribution in [2.45, 2.75) is 160 Å². The van der Waals surface area contributed by atoms with Crippen LogP contribution in [-0.4, -0.2) is 87.1 Å². The third-order valence-electron chi connectivity index (χ3n) is 9.73. The number of hydrogen-bond acceptors (Lipinski definition) is 8. The summed E-state index contributed by atoms with van der Waals surface area (Å²) in [4.78, 5) is 56.3. The van der Waals surface area contributed by atoms with E-state index in [9.17, 15) is 27.6 Å². The van der Waals surface area contributed by atoms with E-state index in [2.05, 4.69) is 49.2 Å². The highest BCUT2D eigenvalue weighted by molar-refractivity contribution is 7.90. The van der Waals surface area contributed by atoms with Gasteiger partial charge in [0.05, 0.1) is 11.9 Å². The van der Waals surface area contributed by atoms with Gasteiger partial charge in [-0.3, -0.25) is 19.1 Å². The van der Waals surface area contributed by atoms with E-state index in [1.807, 2.05) is 0 Å². The monoisotopic (exact) mass is 686 g/mol. The molecule has 2 heterocycles. The number of nitrogens with zero attached hydrogens (tertiary/aromatic N) is 1. The van der Waals surface area contributed by atoms with Gasteiger partial charge < -0.3 is 24.7 Å². The van der Waals surface area contributed by atoms with Crippen molar-refractivity contribution in [2.75, 3.05) is 12.3 Å². The molecule has 5 atom stereocenters. The Morgan fingerprint density at radius 1 is 1.02 bits per heavy atom. The Morgan fingerprint density at radius 2 is 1.63 bits per heavy atom. The van der Waals surface area contributed by atoms with Crippen LogP contribution < -0.4 is 15.4 Å². The first-order valence-corrected chi connectivity index (χ1v) is 21.5. The summed E-state index contributed by atoms with van der Waals surface area (Å²) in [6, 6.07) is -1.87. The molecule has 1 saturated carbocycles. The maximum atomic E-state index is 14.3. The minimum Gasteiger partial charge on any atom is -0.444 e. The molecule has 3 aliphatic rings. The van der Waals surface area contributed by atoms with Crippen LogP contribution in [-0.2, 0) is 33.6 Å². The van der Waals surface area contributed by atoms with Crippen molar-refractivity contribution in [3.63, 3.8) is 0 Å². The standard InChI is InChI=1S/C32H58N4O8SSi/c1-10-18-45(41,42)35-28(39)32-20-22(32)16-14-12-11-13-15-17-24(33-29(40)43-30(2,3)4)27(38)36-21-23(19-25(36)26(37)34-32)44-46(8,9)31(5,6)7/h22-25H,10-21H2,1-9H3,(H,33,40)(H,34,37)(H,35,39)/t22-,23-,24+,25+,32-/m1/s1. The lowest BCUT2D eigenvalue weighted by Gasteiger charge is -2.38. The number of fused-ring (bicyclic) bond motifs is 2. The van der Waals surface area contributed by atoms with Crippen LogP contribution in [0.3, 0.4) is 0 Å². The molecule has 0 unspecified atom stereocenters. The van der Waals surface area contributed by atoms with E-state index in [0.717, 1.165) is 25.7 Å². The lowest BCUT2D eigenvalue weighted by Crippen LogP contribution is -2.58. The van der Waals surface area contributed by atoms with E-state index in [1.165, 1.54) is 4.90 Å². The van der Waals surface area contributed by atoms with Crippen LogP contribution >= 0.6 is 0 Å². The zero-order valence-corrected chi connectivity index (χ0v) is 31.2. The van der Waals surface area contributed by atoms with Gasteiger partial charge in [0.2, 0.25) is 21.8 Å².